The molecule has 3 atom stereocenters. The summed E-state index contributed by atoms with van der Waals surface area (Å²) >= 11 is 18.1. The van der Waals surface area contributed by atoms with Crippen molar-refractivity contribution in [3.63, 3.8) is 0 Å². The smallest absolute Gasteiger partial charge is 0.313 e. The lowest BCUT2D eigenvalue weighted by Crippen LogP contribution is -2.34. The lowest BCUT2D eigenvalue weighted by atomic mass is 9.85. The summed E-state index contributed by atoms with van der Waals surface area (Å²) in [5.74, 6) is -1.24. The Hall–Kier alpha value is -2.01. The molecule has 2 aromatic carbocycles. The molecule has 1 aliphatic rings. The number of benzene rings is 2. The third kappa shape index (κ3) is 4.52. The highest BCUT2D eigenvalue weighted by atomic mass is 35.5. The van der Waals surface area contributed by atoms with E-state index in [1.54, 1.807) is 0 Å². The van der Waals surface area contributed by atoms with Gasteiger partial charge in [0.2, 0.25) is 0 Å². The maximum absolute atomic E-state index is 12.6. The van der Waals surface area contributed by atoms with Crippen molar-refractivity contribution in [2.45, 2.75) is 18.4 Å². The molecule has 0 saturated carbocycles. The number of ether oxygens (including phenoxy) is 1. The molecule has 1 aliphatic carbocycles. The van der Waals surface area contributed by atoms with E-state index in [9.17, 15) is 9.59 Å². The molecule has 0 heterocycles. The van der Waals surface area contributed by atoms with Gasteiger partial charge >= 0.3 is 5.97 Å². The van der Waals surface area contributed by atoms with Gasteiger partial charge in [-0.3, -0.25) is 9.59 Å². The lowest BCUT2D eigenvalue weighted by molar-refractivity contribution is -0.143. The molecule has 3 rings (SSSR count). The Morgan fingerprint density at radius 1 is 1.07 bits per heavy atom. The average molecular weight is 439 g/mol. The van der Waals surface area contributed by atoms with Gasteiger partial charge in [-0.05, 0) is 30.0 Å². The van der Waals surface area contributed by atoms with Crippen LogP contribution in [0.4, 0.5) is 0 Å². The largest absolute Gasteiger partial charge is 0.469 e. The van der Waals surface area contributed by atoms with Gasteiger partial charge in [0.1, 0.15) is 0 Å². The van der Waals surface area contributed by atoms with E-state index in [2.05, 4.69) is 5.32 Å². The maximum Gasteiger partial charge on any atom is 0.313 e. The highest BCUT2D eigenvalue weighted by Crippen LogP contribution is 2.35. The Labute approximate surface area is 178 Å². The fourth-order valence-corrected chi connectivity index (χ4v) is 4.42. The Morgan fingerprint density at radius 2 is 1.71 bits per heavy atom. The minimum atomic E-state index is -0.438. The zero-order valence-electron chi connectivity index (χ0n) is 15.0. The summed E-state index contributed by atoms with van der Waals surface area (Å²) in [6.45, 7) is 0. The van der Waals surface area contributed by atoms with Crippen LogP contribution in [0.15, 0.2) is 54.6 Å². The number of hydrogen-bond acceptors (Lipinski definition) is 3. The number of allylic oxidation sites excluding steroid dienone is 1. The average Bonchev–Trinajstić information content (AvgIpc) is 3.09. The van der Waals surface area contributed by atoms with E-state index in [-0.39, 0.29) is 33.5 Å². The number of amides is 1. The van der Waals surface area contributed by atoms with E-state index >= 15 is 0 Å². The standard InChI is InChI=1S/C21H18Cl3NO3/c1-28-21(27)18(12-5-3-2-4-6-12)13-7-8-15(9-13)25-20(26)19-16(23)10-14(22)11-17(19)24/h2-8,10-11,13,15,18H,9H2,1H3,(H,25,26)/t13-,15-,18-/m1/s1. The van der Waals surface area contributed by atoms with E-state index in [1.807, 2.05) is 42.5 Å². The van der Waals surface area contributed by atoms with Crippen LogP contribution in [0.3, 0.4) is 0 Å². The Kier molecular flexibility index (Phi) is 6.65. The summed E-state index contributed by atoms with van der Waals surface area (Å²) in [6, 6.07) is 12.1. The van der Waals surface area contributed by atoms with Crippen molar-refractivity contribution in [3.8, 4) is 0 Å². The second-order valence-electron chi connectivity index (χ2n) is 6.52. The minimum Gasteiger partial charge on any atom is -0.469 e. The molecule has 7 heteroatoms. The molecule has 0 unspecified atom stereocenters. The number of halogens is 3. The molecule has 4 nitrogen and oxygen atoms in total. The van der Waals surface area contributed by atoms with E-state index in [0.29, 0.717) is 11.4 Å². The Morgan fingerprint density at radius 3 is 2.32 bits per heavy atom. The Bertz CT molecular complexity index is 891. The highest BCUT2D eigenvalue weighted by Gasteiger charge is 2.34. The second kappa shape index (κ2) is 8.99. The molecule has 1 N–H and O–H groups in total. The van der Waals surface area contributed by atoms with Crippen molar-refractivity contribution in [3.05, 3.63) is 80.8 Å². The van der Waals surface area contributed by atoms with Crippen LogP contribution in [0.1, 0.15) is 28.3 Å². The van der Waals surface area contributed by atoms with Crippen LogP contribution in [-0.2, 0) is 9.53 Å². The molecule has 28 heavy (non-hydrogen) atoms. The molecule has 2 aromatic rings. The summed E-state index contributed by atoms with van der Waals surface area (Å²) in [7, 11) is 1.38. The summed E-state index contributed by atoms with van der Waals surface area (Å²) < 4.78 is 5.00. The van der Waals surface area contributed by atoms with Crippen molar-refractivity contribution < 1.29 is 14.3 Å². The first kappa shape index (κ1) is 20.7. The number of esters is 1. The highest BCUT2D eigenvalue weighted by molar-refractivity contribution is 6.42. The van der Waals surface area contributed by atoms with Crippen LogP contribution in [0.25, 0.3) is 0 Å². The Balaban J connectivity index is 1.74. The molecular weight excluding hydrogens is 421 g/mol. The van der Waals surface area contributed by atoms with Crippen LogP contribution >= 0.6 is 34.8 Å². The summed E-state index contributed by atoms with van der Waals surface area (Å²) in [4.78, 5) is 25.0. The molecule has 0 bridgehead atoms. The molecule has 0 aromatic heterocycles. The summed E-state index contributed by atoms with van der Waals surface area (Å²) in [6.07, 6.45) is 4.37. The van der Waals surface area contributed by atoms with Gasteiger partial charge in [-0.15, -0.1) is 0 Å². The van der Waals surface area contributed by atoms with Crippen LogP contribution in [0.5, 0.6) is 0 Å². The quantitative estimate of drug-likeness (QED) is 0.510. The van der Waals surface area contributed by atoms with Gasteiger partial charge in [0.05, 0.1) is 28.6 Å². The summed E-state index contributed by atoms with van der Waals surface area (Å²) in [5, 5.41) is 3.63. The van der Waals surface area contributed by atoms with Gasteiger partial charge in [-0.1, -0.05) is 77.3 Å². The van der Waals surface area contributed by atoms with Gasteiger partial charge < -0.3 is 10.1 Å². The van der Waals surface area contributed by atoms with E-state index in [4.69, 9.17) is 39.5 Å². The predicted molar refractivity (Wildman–Crippen MR) is 111 cm³/mol. The molecule has 0 radical (unpaired) electrons. The predicted octanol–water partition coefficient (Wildman–Crippen LogP) is 5.28. The first-order chi connectivity index (χ1) is 13.4. The van der Waals surface area contributed by atoms with Crippen LogP contribution in [-0.4, -0.2) is 25.0 Å². The topological polar surface area (TPSA) is 55.4 Å². The van der Waals surface area contributed by atoms with Gasteiger partial charge in [0, 0.05) is 11.1 Å². The molecule has 146 valence electrons. The van der Waals surface area contributed by atoms with E-state index in [0.717, 1.165) is 5.56 Å². The van der Waals surface area contributed by atoms with Gasteiger partial charge in [0.15, 0.2) is 0 Å². The number of methoxy groups -OCH3 is 1. The minimum absolute atomic E-state index is 0.101. The monoisotopic (exact) mass is 437 g/mol. The van der Waals surface area contributed by atoms with Gasteiger partial charge in [-0.25, -0.2) is 0 Å². The maximum atomic E-state index is 12.6. The molecule has 0 saturated heterocycles. The fourth-order valence-electron chi connectivity index (χ4n) is 3.43. The molecule has 1 amide bonds. The number of nitrogens with one attached hydrogen (secondary N) is 1. The van der Waals surface area contributed by atoms with Crippen molar-refractivity contribution in [1.82, 2.24) is 5.32 Å². The summed E-state index contributed by atoms with van der Waals surface area (Å²) in [5.41, 5.74) is 1.05. The third-order valence-corrected chi connectivity index (χ3v) is 5.52. The molecule has 0 fully saturated rings. The SMILES string of the molecule is COC(=O)[C@H](c1ccccc1)[C@@H]1C=C[C@@H](NC(=O)c2c(Cl)cc(Cl)cc2Cl)C1. The van der Waals surface area contributed by atoms with Gasteiger partial charge in [-0.2, -0.15) is 0 Å². The van der Waals surface area contributed by atoms with Crippen molar-refractivity contribution in [2.24, 2.45) is 5.92 Å². The number of hydrogen-bond donors (Lipinski definition) is 1. The first-order valence-corrected chi connectivity index (χ1v) is 9.80. The zero-order chi connectivity index (χ0) is 20.3. The van der Waals surface area contributed by atoms with Crippen LogP contribution < -0.4 is 5.32 Å². The fraction of sp³-hybridized carbons (Fsp3) is 0.238. The second-order valence-corrected chi connectivity index (χ2v) is 7.77. The first-order valence-electron chi connectivity index (χ1n) is 8.67. The molecular formula is C21H18Cl3NO3. The van der Waals surface area contributed by atoms with E-state index in [1.165, 1.54) is 19.2 Å². The van der Waals surface area contributed by atoms with Crippen molar-refractivity contribution in [1.29, 1.82) is 0 Å². The number of rotatable bonds is 5. The van der Waals surface area contributed by atoms with Crippen molar-refractivity contribution >= 4 is 46.7 Å². The van der Waals surface area contributed by atoms with Crippen molar-refractivity contribution in [2.75, 3.05) is 7.11 Å². The lowest BCUT2D eigenvalue weighted by Gasteiger charge is -2.22. The van der Waals surface area contributed by atoms with Crippen LogP contribution in [0.2, 0.25) is 15.1 Å². The normalized spacial score (nSPS) is 19.3. The van der Waals surface area contributed by atoms with E-state index < -0.39 is 11.8 Å². The molecule has 0 spiro atoms. The van der Waals surface area contributed by atoms with Crippen LogP contribution in [0, 0.1) is 5.92 Å². The zero-order valence-corrected chi connectivity index (χ0v) is 17.3. The number of carbonyl (C=O) groups excluding carboxylic acids is 2. The van der Waals surface area contributed by atoms with Gasteiger partial charge in [0.25, 0.3) is 5.91 Å². The third-order valence-electron chi connectivity index (χ3n) is 4.71. The molecule has 0 aliphatic heterocycles. The number of carbonyl (C=O) groups is 2.